The monoisotopic (exact) mass is 370 g/mol. The van der Waals surface area contributed by atoms with Gasteiger partial charge in [-0.25, -0.2) is 0 Å². The SMILES string of the molecule is C1=CC2CC1CC2OCc1cc(-c2cccs2)sc1-c1cccs1. The first-order chi connectivity index (χ1) is 11.9. The van der Waals surface area contributed by atoms with Gasteiger partial charge in [0.25, 0.3) is 0 Å². The molecular formula is C20H18OS3. The fourth-order valence-corrected chi connectivity index (χ4v) is 6.69. The summed E-state index contributed by atoms with van der Waals surface area (Å²) in [5.41, 5.74) is 1.35. The summed E-state index contributed by atoms with van der Waals surface area (Å²) in [4.78, 5) is 5.45. The molecule has 2 aliphatic carbocycles. The Morgan fingerprint density at radius 1 is 0.958 bits per heavy atom. The number of ether oxygens (including phenoxy) is 1. The molecule has 2 aliphatic rings. The van der Waals surface area contributed by atoms with Crippen molar-refractivity contribution in [1.29, 1.82) is 0 Å². The first-order valence-corrected chi connectivity index (χ1v) is 10.9. The van der Waals surface area contributed by atoms with E-state index in [1.807, 2.05) is 34.0 Å². The quantitative estimate of drug-likeness (QED) is 0.455. The third-order valence-corrected chi connectivity index (χ3v) is 8.28. The van der Waals surface area contributed by atoms with Gasteiger partial charge in [0.15, 0.2) is 0 Å². The fraction of sp³-hybridized carbons (Fsp3) is 0.300. The molecule has 3 atom stereocenters. The van der Waals surface area contributed by atoms with E-state index in [2.05, 4.69) is 53.2 Å². The second-order valence-corrected chi connectivity index (χ2v) is 9.50. The average Bonchev–Trinajstić information content (AvgIpc) is 3.43. The van der Waals surface area contributed by atoms with E-state index < -0.39 is 0 Å². The molecule has 3 heterocycles. The van der Waals surface area contributed by atoms with E-state index >= 15 is 0 Å². The van der Waals surface area contributed by atoms with Crippen molar-refractivity contribution in [1.82, 2.24) is 0 Å². The lowest BCUT2D eigenvalue weighted by Gasteiger charge is -2.18. The van der Waals surface area contributed by atoms with Crippen molar-refractivity contribution in [3.63, 3.8) is 0 Å². The number of rotatable bonds is 5. The molecule has 0 radical (unpaired) electrons. The minimum absolute atomic E-state index is 0.418. The van der Waals surface area contributed by atoms with E-state index in [9.17, 15) is 0 Å². The molecule has 0 N–H and O–H groups in total. The molecule has 3 aromatic rings. The first kappa shape index (κ1) is 15.1. The molecule has 4 heteroatoms. The fourth-order valence-electron chi connectivity index (χ4n) is 3.81. The average molecular weight is 371 g/mol. The molecule has 3 unspecified atom stereocenters. The zero-order valence-electron chi connectivity index (χ0n) is 13.2. The minimum atomic E-state index is 0.418. The van der Waals surface area contributed by atoms with E-state index in [4.69, 9.17) is 4.74 Å². The van der Waals surface area contributed by atoms with E-state index in [-0.39, 0.29) is 0 Å². The van der Waals surface area contributed by atoms with Crippen LogP contribution >= 0.6 is 34.0 Å². The molecule has 122 valence electrons. The molecular weight excluding hydrogens is 352 g/mol. The normalized spacial score (nSPS) is 24.9. The Kier molecular flexibility index (Phi) is 3.94. The summed E-state index contributed by atoms with van der Waals surface area (Å²) < 4.78 is 6.36. The summed E-state index contributed by atoms with van der Waals surface area (Å²) in [6, 6.07) is 11.0. The van der Waals surface area contributed by atoms with Crippen molar-refractivity contribution in [3.05, 3.63) is 58.8 Å². The molecule has 1 saturated carbocycles. The van der Waals surface area contributed by atoms with Crippen molar-refractivity contribution in [3.8, 4) is 19.5 Å². The molecule has 0 aliphatic heterocycles. The molecule has 1 nitrogen and oxygen atoms in total. The van der Waals surface area contributed by atoms with Gasteiger partial charge in [-0.3, -0.25) is 0 Å². The smallest absolute Gasteiger partial charge is 0.0735 e. The van der Waals surface area contributed by atoms with Gasteiger partial charge in [-0.05, 0) is 53.3 Å². The Morgan fingerprint density at radius 2 is 1.79 bits per heavy atom. The number of allylic oxidation sites excluding steroid dienone is 1. The summed E-state index contributed by atoms with van der Waals surface area (Å²) in [5.74, 6) is 1.41. The Balaban J connectivity index is 1.42. The van der Waals surface area contributed by atoms with Gasteiger partial charge in [-0.1, -0.05) is 24.3 Å². The number of thiophene rings is 3. The third kappa shape index (κ3) is 2.72. The highest BCUT2D eigenvalue weighted by Crippen LogP contribution is 2.44. The van der Waals surface area contributed by atoms with Gasteiger partial charge < -0.3 is 4.74 Å². The van der Waals surface area contributed by atoms with Crippen LogP contribution in [0.5, 0.6) is 0 Å². The van der Waals surface area contributed by atoms with Gasteiger partial charge in [0, 0.05) is 20.5 Å². The number of hydrogen-bond donors (Lipinski definition) is 0. The lowest BCUT2D eigenvalue weighted by Crippen LogP contribution is -2.17. The van der Waals surface area contributed by atoms with Crippen LogP contribution in [0.25, 0.3) is 19.5 Å². The van der Waals surface area contributed by atoms with Crippen molar-refractivity contribution in [2.24, 2.45) is 11.8 Å². The molecule has 2 bridgehead atoms. The van der Waals surface area contributed by atoms with Gasteiger partial charge in [-0.15, -0.1) is 34.0 Å². The van der Waals surface area contributed by atoms with Crippen LogP contribution in [-0.2, 0) is 11.3 Å². The Labute approximate surface area is 154 Å². The van der Waals surface area contributed by atoms with Crippen LogP contribution in [0.1, 0.15) is 18.4 Å². The van der Waals surface area contributed by atoms with Gasteiger partial charge in [0.2, 0.25) is 0 Å². The molecule has 0 amide bonds. The predicted octanol–water partition coefficient (Wildman–Crippen LogP) is 6.69. The topological polar surface area (TPSA) is 9.23 Å². The van der Waals surface area contributed by atoms with Gasteiger partial charge in [-0.2, -0.15) is 0 Å². The van der Waals surface area contributed by atoms with Crippen molar-refractivity contribution < 1.29 is 4.74 Å². The van der Waals surface area contributed by atoms with Crippen LogP contribution in [0.3, 0.4) is 0 Å². The highest BCUT2D eigenvalue weighted by molar-refractivity contribution is 7.25. The van der Waals surface area contributed by atoms with Crippen molar-refractivity contribution in [2.45, 2.75) is 25.6 Å². The molecule has 24 heavy (non-hydrogen) atoms. The highest BCUT2D eigenvalue weighted by Gasteiger charge is 2.36. The Bertz CT molecular complexity index is 842. The zero-order valence-corrected chi connectivity index (χ0v) is 15.6. The Hall–Kier alpha value is -1.20. The van der Waals surface area contributed by atoms with Crippen LogP contribution < -0.4 is 0 Å². The van der Waals surface area contributed by atoms with Crippen LogP contribution in [0.15, 0.2) is 53.2 Å². The van der Waals surface area contributed by atoms with Crippen LogP contribution in [0, 0.1) is 11.8 Å². The second-order valence-electron chi connectivity index (χ2n) is 6.55. The van der Waals surface area contributed by atoms with E-state index in [0.29, 0.717) is 12.0 Å². The molecule has 5 rings (SSSR count). The maximum atomic E-state index is 6.36. The summed E-state index contributed by atoms with van der Waals surface area (Å²) >= 11 is 5.53. The summed E-state index contributed by atoms with van der Waals surface area (Å²) in [6.45, 7) is 0.733. The second kappa shape index (κ2) is 6.26. The number of hydrogen-bond acceptors (Lipinski definition) is 4. The zero-order chi connectivity index (χ0) is 15.9. The largest absolute Gasteiger partial charge is 0.373 e. The minimum Gasteiger partial charge on any atom is -0.373 e. The molecule has 1 fully saturated rings. The van der Waals surface area contributed by atoms with Crippen LogP contribution in [0.4, 0.5) is 0 Å². The van der Waals surface area contributed by atoms with Crippen molar-refractivity contribution >= 4 is 34.0 Å². The standard InChI is InChI=1S/C20H18OS3/c1-3-17(22-7-1)19-11-15(20(24-19)18-4-2-8-23-18)12-21-16-10-13-5-6-14(16)9-13/h1-8,11,13-14,16H,9-10,12H2. The van der Waals surface area contributed by atoms with Crippen molar-refractivity contribution in [2.75, 3.05) is 0 Å². The van der Waals surface area contributed by atoms with E-state index in [0.717, 1.165) is 12.5 Å². The molecule has 0 saturated heterocycles. The molecule has 0 aromatic carbocycles. The maximum absolute atomic E-state index is 6.36. The summed E-state index contributed by atoms with van der Waals surface area (Å²) in [6.07, 6.45) is 7.66. The maximum Gasteiger partial charge on any atom is 0.0735 e. The van der Waals surface area contributed by atoms with E-state index in [1.54, 1.807) is 0 Å². The Morgan fingerprint density at radius 3 is 2.46 bits per heavy atom. The first-order valence-electron chi connectivity index (χ1n) is 8.37. The van der Waals surface area contributed by atoms with Crippen LogP contribution in [0.2, 0.25) is 0 Å². The molecule has 0 spiro atoms. The lowest BCUT2D eigenvalue weighted by molar-refractivity contribution is 0.0249. The van der Waals surface area contributed by atoms with Gasteiger partial charge >= 0.3 is 0 Å². The predicted molar refractivity (Wildman–Crippen MR) is 105 cm³/mol. The highest BCUT2D eigenvalue weighted by atomic mass is 32.1. The molecule has 3 aromatic heterocycles. The van der Waals surface area contributed by atoms with Gasteiger partial charge in [0.1, 0.15) is 0 Å². The third-order valence-electron chi connectivity index (χ3n) is 4.99. The summed E-state index contributed by atoms with van der Waals surface area (Å²) in [7, 11) is 0. The summed E-state index contributed by atoms with van der Waals surface area (Å²) in [5, 5.41) is 4.31. The van der Waals surface area contributed by atoms with Gasteiger partial charge in [0.05, 0.1) is 17.6 Å². The lowest BCUT2D eigenvalue weighted by atomic mass is 10.0. The number of fused-ring (bicyclic) bond motifs is 2. The van der Waals surface area contributed by atoms with Crippen LogP contribution in [-0.4, -0.2) is 6.10 Å². The van der Waals surface area contributed by atoms with E-state index in [1.165, 1.54) is 37.9 Å².